The van der Waals surface area contributed by atoms with Gasteiger partial charge in [0.05, 0.1) is 0 Å². The van der Waals surface area contributed by atoms with E-state index in [0.717, 1.165) is 12.0 Å². The Bertz CT molecular complexity index is 1270. The highest BCUT2D eigenvalue weighted by Crippen LogP contribution is 2.23. The highest BCUT2D eigenvalue weighted by Gasteiger charge is 2.30. The number of hydrogen-bond donors (Lipinski definition) is 2. The normalized spacial score (nSPS) is 12.4. The van der Waals surface area contributed by atoms with Crippen LogP contribution in [0.5, 0.6) is 5.75 Å². The lowest BCUT2D eigenvalue weighted by atomic mass is 10.1. The molecule has 0 atom stereocenters. The molecule has 9 nitrogen and oxygen atoms in total. The molecule has 2 rings (SSSR count). The zero-order chi connectivity index (χ0) is 30.8. The molecule has 0 radical (unpaired) electrons. The molecule has 2 N–H and O–H groups in total. The summed E-state index contributed by atoms with van der Waals surface area (Å²) < 4.78 is 82.1. The van der Waals surface area contributed by atoms with E-state index in [2.05, 4.69) is 10.4 Å². The Morgan fingerprint density at radius 3 is 2.20 bits per heavy atom. The summed E-state index contributed by atoms with van der Waals surface area (Å²) in [4.78, 5) is 36.6. The number of alkyl halides is 6. The van der Waals surface area contributed by atoms with Crippen molar-refractivity contribution in [2.75, 3.05) is 11.9 Å². The number of nitrogens with one attached hydrogen (secondary N) is 1. The number of benzene rings is 1. The van der Waals surface area contributed by atoms with Crippen molar-refractivity contribution in [3.63, 3.8) is 0 Å². The van der Waals surface area contributed by atoms with Gasteiger partial charge in [0.25, 0.3) is 5.56 Å². The zero-order valence-electron chi connectivity index (χ0n) is 22.8. The van der Waals surface area contributed by atoms with Gasteiger partial charge in [0.2, 0.25) is 5.82 Å². The first-order chi connectivity index (χ1) is 19.0. The monoisotopic (exact) mass is 596 g/mol. The summed E-state index contributed by atoms with van der Waals surface area (Å²) in [5.74, 6) is -1.01. The molecular weight excluding hydrogens is 562 g/mol. The van der Waals surface area contributed by atoms with Crippen molar-refractivity contribution in [3.05, 3.63) is 50.7 Å². The van der Waals surface area contributed by atoms with E-state index >= 15 is 0 Å². The molecule has 0 bridgehead atoms. The Labute approximate surface area is 232 Å². The second kappa shape index (κ2) is 14.4. The van der Waals surface area contributed by atoms with Crippen LogP contribution in [0.15, 0.2) is 33.9 Å². The first kappa shape index (κ1) is 33.7. The smallest absolute Gasteiger partial charge is 0.389 e. The summed E-state index contributed by atoms with van der Waals surface area (Å²) in [6.07, 6.45) is -9.82. The van der Waals surface area contributed by atoms with Crippen LogP contribution in [-0.2, 0) is 24.3 Å². The summed E-state index contributed by atoms with van der Waals surface area (Å²) >= 11 is 0. The lowest BCUT2D eigenvalue weighted by molar-refractivity contribution is -0.152. The van der Waals surface area contributed by atoms with Crippen molar-refractivity contribution in [1.82, 2.24) is 14.3 Å². The second-order valence-electron chi connectivity index (χ2n) is 10.1. The number of carbonyl (C=O) groups is 1. The quantitative estimate of drug-likeness (QED) is 0.203. The van der Waals surface area contributed by atoms with E-state index < -0.39 is 73.9 Å². The predicted molar refractivity (Wildman–Crippen MR) is 138 cm³/mol. The molecule has 15 heteroatoms. The van der Waals surface area contributed by atoms with Crippen LogP contribution in [0.3, 0.4) is 0 Å². The van der Waals surface area contributed by atoms with Crippen molar-refractivity contribution in [3.8, 4) is 5.75 Å². The largest absolute Gasteiger partial charge is 0.478 e. The van der Waals surface area contributed by atoms with Gasteiger partial charge in [-0.2, -0.15) is 26.3 Å². The van der Waals surface area contributed by atoms with Crippen LogP contribution in [0.1, 0.15) is 64.4 Å². The fourth-order valence-corrected chi connectivity index (χ4v) is 3.82. The van der Waals surface area contributed by atoms with Gasteiger partial charge in [-0.15, -0.1) is 5.10 Å². The van der Waals surface area contributed by atoms with Gasteiger partial charge < -0.3 is 15.2 Å². The molecule has 0 spiro atoms. The number of carboxylic acids is 1. The Balaban J connectivity index is 1.99. The van der Waals surface area contributed by atoms with Crippen molar-refractivity contribution in [2.24, 2.45) is 0 Å². The molecule has 0 amide bonds. The van der Waals surface area contributed by atoms with Gasteiger partial charge >= 0.3 is 24.0 Å². The average molecular weight is 597 g/mol. The molecule has 0 saturated carbocycles. The maximum atomic E-state index is 12.7. The van der Waals surface area contributed by atoms with Crippen LogP contribution in [0.2, 0.25) is 0 Å². The van der Waals surface area contributed by atoms with Crippen LogP contribution in [0, 0.1) is 0 Å². The summed E-state index contributed by atoms with van der Waals surface area (Å²) in [5, 5.41) is 15.8. The third kappa shape index (κ3) is 11.9. The number of anilines is 1. The van der Waals surface area contributed by atoms with Gasteiger partial charge in [-0.25, -0.2) is 14.3 Å². The van der Waals surface area contributed by atoms with E-state index in [1.165, 1.54) is 13.8 Å². The summed E-state index contributed by atoms with van der Waals surface area (Å²) in [5.41, 5.74) is -2.48. The number of carboxylic acid groups (broad SMARTS) is 1. The Morgan fingerprint density at radius 1 is 0.951 bits per heavy atom. The van der Waals surface area contributed by atoms with E-state index in [-0.39, 0.29) is 12.4 Å². The van der Waals surface area contributed by atoms with Crippen LogP contribution in [-0.4, -0.2) is 49.9 Å². The Morgan fingerprint density at radius 2 is 1.59 bits per heavy atom. The van der Waals surface area contributed by atoms with Gasteiger partial charge in [-0.05, 0) is 63.6 Å². The molecule has 1 aromatic heterocycles. The number of halogens is 6. The number of hydrogen-bond acceptors (Lipinski definition) is 6. The minimum Gasteiger partial charge on any atom is -0.478 e. The average Bonchev–Trinajstić information content (AvgIpc) is 2.84. The van der Waals surface area contributed by atoms with E-state index in [4.69, 9.17) is 4.74 Å². The molecule has 230 valence electrons. The third-order valence-corrected chi connectivity index (χ3v) is 6.01. The Kier molecular flexibility index (Phi) is 11.8. The number of nitrogens with zero attached hydrogens (tertiary/aromatic N) is 3. The van der Waals surface area contributed by atoms with E-state index in [9.17, 15) is 45.8 Å². The number of unbranched alkanes of at least 4 members (excludes halogenated alkanes) is 2. The summed E-state index contributed by atoms with van der Waals surface area (Å²) in [7, 11) is 0. The van der Waals surface area contributed by atoms with Crippen LogP contribution < -0.4 is 21.3 Å². The van der Waals surface area contributed by atoms with Crippen LogP contribution in [0.25, 0.3) is 0 Å². The summed E-state index contributed by atoms with van der Waals surface area (Å²) in [6.45, 7) is 2.09. The fraction of sp³-hybridized carbons (Fsp3) is 0.615. The molecular formula is C26H34F6N4O5. The first-order valence-corrected chi connectivity index (χ1v) is 13.1. The lowest BCUT2D eigenvalue weighted by Gasteiger charge is -2.21. The maximum Gasteiger partial charge on any atom is 0.389 e. The van der Waals surface area contributed by atoms with Crippen LogP contribution >= 0.6 is 0 Å². The second-order valence-corrected chi connectivity index (χ2v) is 10.1. The SMILES string of the molecule is CC(C)(Oc1cccc(CCCCCNc2nn(CCCC(F)(F)F)c(=O)n(CCCC(F)(F)F)c2=O)c1)C(=O)O. The molecule has 41 heavy (non-hydrogen) atoms. The van der Waals surface area contributed by atoms with Gasteiger partial charge in [0.1, 0.15) is 5.75 Å². The van der Waals surface area contributed by atoms with Gasteiger partial charge in [0.15, 0.2) is 5.60 Å². The standard InChI is InChI=1S/C26H34F6N4O5/c1-24(2,22(38)39)41-19-11-6-10-18(17-19)9-4-3-5-14-33-20-21(37)35(15-7-12-25(27,28)29)23(40)36(34-20)16-8-13-26(30,31)32/h6,10-11,17H,3-5,7-9,12-16H2,1-2H3,(H,33,34)(H,38,39). The first-order valence-electron chi connectivity index (χ1n) is 13.1. The number of rotatable bonds is 16. The minimum absolute atomic E-state index is 0.224. The number of aliphatic carboxylic acids is 1. The molecule has 1 heterocycles. The van der Waals surface area contributed by atoms with Crippen LogP contribution in [0.4, 0.5) is 32.2 Å². The lowest BCUT2D eigenvalue weighted by Crippen LogP contribution is -2.43. The van der Waals surface area contributed by atoms with E-state index in [1.54, 1.807) is 18.2 Å². The summed E-state index contributed by atoms with van der Waals surface area (Å²) in [6, 6.07) is 7.02. The molecule has 0 fully saturated rings. The van der Waals surface area contributed by atoms with Gasteiger partial charge in [0, 0.05) is 32.5 Å². The molecule has 0 aliphatic carbocycles. The highest BCUT2D eigenvalue weighted by atomic mass is 19.4. The highest BCUT2D eigenvalue weighted by molar-refractivity contribution is 5.76. The van der Waals surface area contributed by atoms with Crippen molar-refractivity contribution in [1.29, 1.82) is 0 Å². The van der Waals surface area contributed by atoms with Crippen molar-refractivity contribution in [2.45, 2.75) is 96.3 Å². The molecule has 0 aliphatic rings. The van der Waals surface area contributed by atoms with Crippen molar-refractivity contribution < 1.29 is 41.0 Å². The predicted octanol–water partition coefficient (Wildman–Crippen LogP) is 5.16. The third-order valence-electron chi connectivity index (χ3n) is 6.01. The number of aryl methyl sites for hydroxylation is 2. The number of aromatic nitrogens is 3. The van der Waals surface area contributed by atoms with Gasteiger partial charge in [-0.3, -0.25) is 9.36 Å². The van der Waals surface area contributed by atoms with Gasteiger partial charge in [-0.1, -0.05) is 18.6 Å². The minimum atomic E-state index is -4.49. The molecule has 1 aromatic carbocycles. The topological polar surface area (TPSA) is 115 Å². The van der Waals surface area contributed by atoms with E-state index in [1.807, 2.05) is 6.07 Å². The Hall–Kier alpha value is -3.52. The molecule has 0 saturated heterocycles. The molecule has 0 aliphatic heterocycles. The zero-order valence-corrected chi connectivity index (χ0v) is 22.8. The van der Waals surface area contributed by atoms with Crippen molar-refractivity contribution >= 4 is 11.8 Å². The maximum absolute atomic E-state index is 12.7. The van der Waals surface area contributed by atoms with E-state index in [0.29, 0.717) is 34.3 Å². The molecule has 0 unspecified atom stereocenters. The number of ether oxygens (including phenoxy) is 1. The fourth-order valence-electron chi connectivity index (χ4n) is 3.82. The molecule has 2 aromatic rings.